The largest absolute Gasteiger partial charge is 0.410 e. The number of hydrogen-bond donors (Lipinski definition) is 0. The minimum Gasteiger partial charge on any atom is -0.410 e. The van der Waals surface area contributed by atoms with Crippen molar-refractivity contribution in [2.45, 2.75) is 91.1 Å². The molecule has 0 saturated carbocycles. The predicted octanol–water partition coefficient (Wildman–Crippen LogP) is 7.56. The van der Waals surface area contributed by atoms with Crippen molar-refractivity contribution in [2.24, 2.45) is 5.92 Å². The van der Waals surface area contributed by atoms with Crippen LogP contribution < -0.4 is 10.4 Å². The molecular weight excluding hydrogens is 449 g/mol. The van der Waals surface area contributed by atoms with Crippen LogP contribution in [0.3, 0.4) is 0 Å². The SMILES string of the molecule is CC/C=C/[C@H](O[Si](C)(C)C(C)(C)C)[C@@H](C)CO[Si](c1ccccc1)(c1ccccc1)C(C)(C)C. The molecule has 0 N–H and O–H groups in total. The average Bonchev–Trinajstić information content (AvgIpc) is 2.76. The molecule has 2 nitrogen and oxygen atoms in total. The first-order valence-electron chi connectivity index (χ1n) is 12.9. The van der Waals surface area contributed by atoms with Gasteiger partial charge in [0.2, 0.25) is 0 Å². The molecule has 34 heavy (non-hydrogen) atoms. The van der Waals surface area contributed by atoms with E-state index in [4.69, 9.17) is 8.85 Å². The second-order valence-electron chi connectivity index (χ2n) is 12.1. The highest BCUT2D eigenvalue weighted by molar-refractivity contribution is 6.99. The van der Waals surface area contributed by atoms with Crippen LogP contribution in [0.1, 0.15) is 61.8 Å². The average molecular weight is 497 g/mol. The lowest BCUT2D eigenvalue weighted by molar-refractivity contribution is 0.122. The van der Waals surface area contributed by atoms with Crippen LogP contribution in [-0.2, 0) is 8.85 Å². The van der Waals surface area contributed by atoms with E-state index in [-0.39, 0.29) is 22.1 Å². The first kappa shape index (κ1) is 28.8. The fraction of sp³-hybridized carbons (Fsp3) is 0.533. The van der Waals surface area contributed by atoms with E-state index >= 15 is 0 Å². The third-order valence-electron chi connectivity index (χ3n) is 7.34. The molecule has 4 heteroatoms. The Labute approximate surface area is 212 Å². The van der Waals surface area contributed by atoms with Gasteiger partial charge in [0.15, 0.2) is 8.32 Å². The second kappa shape index (κ2) is 11.5. The molecule has 2 aromatic rings. The van der Waals surface area contributed by atoms with Gasteiger partial charge >= 0.3 is 0 Å². The second-order valence-corrected chi connectivity index (χ2v) is 21.2. The predicted molar refractivity (Wildman–Crippen MR) is 154 cm³/mol. The maximum atomic E-state index is 7.23. The fourth-order valence-corrected chi connectivity index (χ4v) is 10.3. The van der Waals surface area contributed by atoms with Gasteiger partial charge in [-0.1, -0.05) is 128 Å². The molecule has 0 bridgehead atoms. The molecule has 2 aromatic carbocycles. The topological polar surface area (TPSA) is 18.5 Å². The fourth-order valence-electron chi connectivity index (χ4n) is 4.25. The molecule has 0 aliphatic carbocycles. The molecule has 0 heterocycles. The normalized spacial score (nSPS) is 15.5. The highest BCUT2D eigenvalue weighted by Crippen LogP contribution is 2.39. The van der Waals surface area contributed by atoms with Crippen molar-refractivity contribution >= 4 is 27.0 Å². The Morgan fingerprint density at radius 3 is 1.65 bits per heavy atom. The Hall–Kier alpha value is -1.47. The van der Waals surface area contributed by atoms with Gasteiger partial charge in [-0.25, -0.2) is 0 Å². The molecule has 2 rings (SSSR count). The summed E-state index contributed by atoms with van der Waals surface area (Å²) in [6, 6.07) is 21.8. The van der Waals surface area contributed by atoms with E-state index in [0.717, 1.165) is 6.42 Å². The summed E-state index contributed by atoms with van der Waals surface area (Å²) in [5.41, 5.74) is 0. The van der Waals surface area contributed by atoms with Gasteiger partial charge in [0.05, 0.1) is 6.10 Å². The Morgan fingerprint density at radius 1 is 0.794 bits per heavy atom. The molecule has 188 valence electrons. The molecule has 0 amide bonds. The summed E-state index contributed by atoms with van der Waals surface area (Å²) in [7, 11) is -4.47. The monoisotopic (exact) mass is 496 g/mol. The molecule has 0 aliphatic heterocycles. The lowest BCUT2D eigenvalue weighted by atomic mass is 10.1. The Morgan fingerprint density at radius 2 is 1.26 bits per heavy atom. The Balaban J connectivity index is 2.46. The van der Waals surface area contributed by atoms with Crippen molar-refractivity contribution in [3.63, 3.8) is 0 Å². The van der Waals surface area contributed by atoms with E-state index in [9.17, 15) is 0 Å². The highest BCUT2D eigenvalue weighted by atomic mass is 28.4. The van der Waals surface area contributed by atoms with Gasteiger partial charge in [0, 0.05) is 12.5 Å². The van der Waals surface area contributed by atoms with Crippen molar-refractivity contribution in [2.75, 3.05) is 6.61 Å². The van der Waals surface area contributed by atoms with Crippen LogP contribution in [0.15, 0.2) is 72.8 Å². The zero-order chi connectivity index (χ0) is 25.6. The van der Waals surface area contributed by atoms with Crippen LogP contribution in [-0.4, -0.2) is 29.3 Å². The zero-order valence-corrected chi connectivity index (χ0v) is 25.3. The Bertz CT molecular complexity index is 853. The van der Waals surface area contributed by atoms with Gasteiger partial charge in [-0.2, -0.15) is 0 Å². The van der Waals surface area contributed by atoms with E-state index in [1.807, 2.05) is 0 Å². The zero-order valence-electron chi connectivity index (χ0n) is 23.3. The summed E-state index contributed by atoms with van der Waals surface area (Å²) in [6.07, 6.45) is 5.59. The number of rotatable bonds is 10. The Kier molecular flexibility index (Phi) is 9.74. The first-order chi connectivity index (χ1) is 15.8. The quantitative estimate of drug-likeness (QED) is 0.250. The maximum Gasteiger partial charge on any atom is 0.261 e. The van der Waals surface area contributed by atoms with Crippen molar-refractivity contribution in [3.8, 4) is 0 Å². The molecule has 0 spiro atoms. The van der Waals surface area contributed by atoms with Gasteiger partial charge in [-0.05, 0) is 40.0 Å². The van der Waals surface area contributed by atoms with Crippen molar-refractivity contribution in [1.82, 2.24) is 0 Å². The van der Waals surface area contributed by atoms with Gasteiger partial charge < -0.3 is 8.85 Å². The maximum absolute atomic E-state index is 7.23. The highest BCUT2D eigenvalue weighted by Gasteiger charge is 2.50. The molecule has 0 radical (unpaired) electrons. The van der Waals surface area contributed by atoms with Crippen LogP contribution in [0, 0.1) is 5.92 Å². The van der Waals surface area contributed by atoms with Crippen LogP contribution in [0.5, 0.6) is 0 Å². The number of hydrogen-bond acceptors (Lipinski definition) is 2. The van der Waals surface area contributed by atoms with Crippen molar-refractivity contribution in [1.29, 1.82) is 0 Å². The van der Waals surface area contributed by atoms with Crippen LogP contribution >= 0.6 is 0 Å². The summed E-state index contributed by atoms with van der Waals surface area (Å²) >= 11 is 0. The van der Waals surface area contributed by atoms with Crippen LogP contribution in [0.25, 0.3) is 0 Å². The van der Waals surface area contributed by atoms with Gasteiger partial charge in [-0.3, -0.25) is 0 Å². The van der Waals surface area contributed by atoms with Crippen LogP contribution in [0.4, 0.5) is 0 Å². The lowest BCUT2D eigenvalue weighted by Crippen LogP contribution is -2.67. The summed E-state index contributed by atoms with van der Waals surface area (Å²) in [6.45, 7) is 23.8. The lowest BCUT2D eigenvalue weighted by Gasteiger charge is -2.44. The van der Waals surface area contributed by atoms with E-state index in [2.05, 4.69) is 141 Å². The van der Waals surface area contributed by atoms with E-state index in [1.165, 1.54) is 10.4 Å². The van der Waals surface area contributed by atoms with Crippen LogP contribution in [0.2, 0.25) is 23.2 Å². The third-order valence-corrected chi connectivity index (χ3v) is 16.8. The molecule has 0 unspecified atom stereocenters. The summed E-state index contributed by atoms with van der Waals surface area (Å²) in [5, 5.41) is 2.80. The molecule has 0 aliphatic rings. The van der Waals surface area contributed by atoms with E-state index in [1.54, 1.807) is 0 Å². The minimum atomic E-state index is -2.55. The van der Waals surface area contributed by atoms with E-state index < -0.39 is 16.6 Å². The molecule has 2 atom stereocenters. The first-order valence-corrected chi connectivity index (χ1v) is 17.7. The van der Waals surface area contributed by atoms with Gasteiger partial charge in [0.25, 0.3) is 8.32 Å². The summed E-state index contributed by atoms with van der Waals surface area (Å²) < 4.78 is 14.1. The van der Waals surface area contributed by atoms with E-state index in [0.29, 0.717) is 6.61 Å². The molecule has 0 fully saturated rings. The minimum absolute atomic E-state index is 0.0233. The summed E-state index contributed by atoms with van der Waals surface area (Å²) in [5.74, 6) is 0.249. The smallest absolute Gasteiger partial charge is 0.261 e. The molecular formula is C30H48O2Si2. The van der Waals surface area contributed by atoms with Gasteiger partial charge in [0.1, 0.15) is 0 Å². The van der Waals surface area contributed by atoms with Gasteiger partial charge in [-0.15, -0.1) is 0 Å². The molecule has 0 saturated heterocycles. The number of benzene rings is 2. The standard InChI is InChI=1S/C30H48O2Si2/c1-11-12-23-28(32-33(9,10)29(3,4)5)25(2)24-31-34(30(6,7)8,26-19-15-13-16-20-26)27-21-17-14-18-22-27/h12-23,25,28H,11,24H2,1-10H3/b23-12+/t25-,28-/m0/s1. The third kappa shape index (κ3) is 6.60. The van der Waals surface area contributed by atoms with Crippen molar-refractivity contribution < 1.29 is 8.85 Å². The van der Waals surface area contributed by atoms with Crippen molar-refractivity contribution in [3.05, 3.63) is 72.8 Å². The molecule has 0 aromatic heterocycles. The number of allylic oxidation sites excluding steroid dienone is 1. The summed E-state index contributed by atoms with van der Waals surface area (Å²) in [4.78, 5) is 0.